The quantitative estimate of drug-likeness (QED) is 0.875. The van der Waals surface area contributed by atoms with E-state index in [0.717, 1.165) is 39.1 Å². The molecule has 0 saturated carbocycles. The summed E-state index contributed by atoms with van der Waals surface area (Å²) in [6.07, 6.45) is 0.843. The van der Waals surface area contributed by atoms with Gasteiger partial charge in [-0.25, -0.2) is 0 Å². The Labute approximate surface area is 151 Å². The number of piperazine rings is 1. The first-order chi connectivity index (χ1) is 12.2. The van der Waals surface area contributed by atoms with Crippen molar-refractivity contribution in [2.45, 2.75) is 39.4 Å². The second kappa shape index (κ2) is 8.61. The molecule has 1 fully saturated rings. The minimum absolute atomic E-state index is 0.257. The molecule has 1 aliphatic heterocycles. The van der Waals surface area contributed by atoms with Gasteiger partial charge in [0.25, 0.3) is 0 Å². The van der Waals surface area contributed by atoms with Crippen molar-refractivity contribution < 1.29 is 5.11 Å². The van der Waals surface area contributed by atoms with Crippen LogP contribution in [0.4, 0.5) is 0 Å². The van der Waals surface area contributed by atoms with Crippen LogP contribution >= 0.6 is 0 Å². The summed E-state index contributed by atoms with van der Waals surface area (Å²) in [7, 11) is 0. The SMILES string of the molecule is Cc1ccc(CN2CCN(Cc3ccccc3C)C[C@H]2CCO)cc1. The largest absolute Gasteiger partial charge is 0.396 e. The zero-order chi connectivity index (χ0) is 17.6. The third kappa shape index (κ3) is 4.91. The van der Waals surface area contributed by atoms with Crippen molar-refractivity contribution in [2.75, 3.05) is 26.2 Å². The zero-order valence-electron chi connectivity index (χ0n) is 15.5. The van der Waals surface area contributed by atoms with E-state index in [1.54, 1.807) is 0 Å². The fourth-order valence-electron chi connectivity index (χ4n) is 3.69. The van der Waals surface area contributed by atoms with E-state index < -0.39 is 0 Å². The van der Waals surface area contributed by atoms with Crippen molar-refractivity contribution in [3.05, 3.63) is 70.8 Å². The Morgan fingerprint density at radius 2 is 1.72 bits per heavy atom. The van der Waals surface area contributed by atoms with Crippen molar-refractivity contribution in [2.24, 2.45) is 0 Å². The number of benzene rings is 2. The van der Waals surface area contributed by atoms with E-state index in [1.807, 2.05) is 0 Å². The molecule has 1 N–H and O–H groups in total. The van der Waals surface area contributed by atoms with Gasteiger partial charge in [-0.3, -0.25) is 9.80 Å². The van der Waals surface area contributed by atoms with Crippen LogP contribution in [-0.4, -0.2) is 47.2 Å². The Kier molecular flexibility index (Phi) is 6.24. The average Bonchev–Trinajstić information content (AvgIpc) is 2.61. The summed E-state index contributed by atoms with van der Waals surface area (Å²) in [6.45, 7) is 9.73. The Morgan fingerprint density at radius 1 is 0.960 bits per heavy atom. The van der Waals surface area contributed by atoms with Gasteiger partial charge in [-0.15, -0.1) is 0 Å². The van der Waals surface area contributed by atoms with E-state index in [4.69, 9.17) is 0 Å². The highest BCUT2D eigenvalue weighted by Gasteiger charge is 2.26. The molecule has 1 aliphatic rings. The zero-order valence-corrected chi connectivity index (χ0v) is 15.5. The van der Waals surface area contributed by atoms with Crippen LogP contribution in [0.5, 0.6) is 0 Å². The van der Waals surface area contributed by atoms with Crippen LogP contribution in [0, 0.1) is 13.8 Å². The number of nitrogens with zero attached hydrogens (tertiary/aromatic N) is 2. The molecule has 3 heteroatoms. The molecule has 0 bridgehead atoms. The molecule has 2 aromatic rings. The van der Waals surface area contributed by atoms with Crippen molar-refractivity contribution in [3.8, 4) is 0 Å². The number of aryl methyl sites for hydroxylation is 2. The van der Waals surface area contributed by atoms with Gasteiger partial charge in [0.1, 0.15) is 0 Å². The van der Waals surface area contributed by atoms with E-state index in [1.165, 1.54) is 22.3 Å². The minimum Gasteiger partial charge on any atom is -0.396 e. The second-order valence-electron chi connectivity index (χ2n) is 7.28. The normalized spacial score (nSPS) is 19.2. The standard InChI is InChI=1S/C22H30N2O/c1-18-7-9-20(10-8-18)15-24-13-12-23(17-22(24)11-14-25)16-21-6-4-3-5-19(21)2/h3-10,22,25H,11-17H2,1-2H3/t22-/m1/s1. The van der Waals surface area contributed by atoms with Crippen LogP contribution in [-0.2, 0) is 13.1 Å². The predicted molar refractivity (Wildman–Crippen MR) is 104 cm³/mol. The highest BCUT2D eigenvalue weighted by Crippen LogP contribution is 2.19. The van der Waals surface area contributed by atoms with Gasteiger partial charge < -0.3 is 5.11 Å². The molecule has 2 aromatic carbocycles. The fourth-order valence-corrected chi connectivity index (χ4v) is 3.69. The summed E-state index contributed by atoms with van der Waals surface area (Å²) < 4.78 is 0. The minimum atomic E-state index is 0.257. The molecule has 3 nitrogen and oxygen atoms in total. The van der Waals surface area contributed by atoms with Gasteiger partial charge in [0.2, 0.25) is 0 Å². The lowest BCUT2D eigenvalue weighted by molar-refractivity contribution is 0.0499. The molecule has 0 radical (unpaired) electrons. The van der Waals surface area contributed by atoms with Crippen molar-refractivity contribution >= 4 is 0 Å². The van der Waals surface area contributed by atoms with E-state index in [9.17, 15) is 5.11 Å². The first-order valence-electron chi connectivity index (χ1n) is 9.33. The number of rotatable bonds is 6. The predicted octanol–water partition coefficient (Wildman–Crippen LogP) is 3.37. The van der Waals surface area contributed by atoms with Gasteiger partial charge in [-0.1, -0.05) is 54.1 Å². The molecule has 0 unspecified atom stereocenters. The Balaban J connectivity index is 1.63. The van der Waals surface area contributed by atoms with Crippen LogP contribution < -0.4 is 0 Å². The van der Waals surface area contributed by atoms with Crippen LogP contribution in [0.25, 0.3) is 0 Å². The average molecular weight is 338 g/mol. The number of aliphatic hydroxyl groups excluding tert-OH is 1. The third-order valence-corrected chi connectivity index (χ3v) is 5.31. The fraction of sp³-hybridized carbons (Fsp3) is 0.455. The first kappa shape index (κ1) is 18.1. The highest BCUT2D eigenvalue weighted by atomic mass is 16.3. The summed E-state index contributed by atoms with van der Waals surface area (Å²) in [6, 6.07) is 17.9. The van der Waals surface area contributed by atoms with Gasteiger partial charge in [0, 0.05) is 45.4 Å². The van der Waals surface area contributed by atoms with Crippen LogP contribution in [0.15, 0.2) is 48.5 Å². The lowest BCUT2D eigenvalue weighted by atomic mass is 10.0. The Morgan fingerprint density at radius 3 is 2.44 bits per heavy atom. The molecule has 25 heavy (non-hydrogen) atoms. The van der Waals surface area contributed by atoms with Crippen LogP contribution in [0.3, 0.4) is 0 Å². The molecule has 0 aromatic heterocycles. The Bertz CT molecular complexity index is 668. The molecule has 0 amide bonds. The molecule has 0 spiro atoms. The molecule has 0 aliphatic carbocycles. The van der Waals surface area contributed by atoms with Crippen molar-refractivity contribution in [3.63, 3.8) is 0 Å². The van der Waals surface area contributed by atoms with Crippen molar-refractivity contribution in [1.29, 1.82) is 0 Å². The lowest BCUT2D eigenvalue weighted by Crippen LogP contribution is -2.52. The third-order valence-electron chi connectivity index (χ3n) is 5.31. The summed E-state index contributed by atoms with van der Waals surface area (Å²) in [4.78, 5) is 5.07. The molecular weight excluding hydrogens is 308 g/mol. The van der Waals surface area contributed by atoms with Crippen LogP contribution in [0.2, 0.25) is 0 Å². The van der Waals surface area contributed by atoms with E-state index in [2.05, 4.69) is 72.2 Å². The summed E-state index contributed by atoms with van der Waals surface area (Å²) >= 11 is 0. The number of aliphatic hydroxyl groups is 1. The number of hydrogen-bond acceptors (Lipinski definition) is 3. The summed E-state index contributed by atoms with van der Waals surface area (Å²) in [5.41, 5.74) is 5.44. The maximum Gasteiger partial charge on any atom is 0.0446 e. The maximum atomic E-state index is 9.51. The summed E-state index contributed by atoms with van der Waals surface area (Å²) in [5, 5.41) is 9.51. The monoisotopic (exact) mass is 338 g/mol. The molecular formula is C22H30N2O. The van der Waals surface area contributed by atoms with Gasteiger partial charge in [0.05, 0.1) is 0 Å². The molecule has 1 saturated heterocycles. The van der Waals surface area contributed by atoms with Crippen molar-refractivity contribution in [1.82, 2.24) is 9.80 Å². The molecule has 134 valence electrons. The topological polar surface area (TPSA) is 26.7 Å². The van der Waals surface area contributed by atoms with E-state index in [-0.39, 0.29) is 6.61 Å². The van der Waals surface area contributed by atoms with E-state index in [0.29, 0.717) is 6.04 Å². The Hall–Kier alpha value is -1.68. The molecule has 1 atom stereocenters. The second-order valence-corrected chi connectivity index (χ2v) is 7.28. The highest BCUT2D eigenvalue weighted by molar-refractivity contribution is 5.25. The lowest BCUT2D eigenvalue weighted by Gasteiger charge is -2.41. The van der Waals surface area contributed by atoms with Gasteiger partial charge in [-0.2, -0.15) is 0 Å². The summed E-state index contributed by atoms with van der Waals surface area (Å²) in [5.74, 6) is 0. The smallest absolute Gasteiger partial charge is 0.0446 e. The first-order valence-corrected chi connectivity index (χ1v) is 9.33. The number of hydrogen-bond donors (Lipinski definition) is 1. The van der Waals surface area contributed by atoms with Gasteiger partial charge >= 0.3 is 0 Å². The van der Waals surface area contributed by atoms with Crippen LogP contribution in [0.1, 0.15) is 28.7 Å². The molecule has 3 rings (SSSR count). The van der Waals surface area contributed by atoms with Gasteiger partial charge in [-0.05, 0) is 37.0 Å². The maximum absolute atomic E-state index is 9.51. The van der Waals surface area contributed by atoms with Gasteiger partial charge in [0.15, 0.2) is 0 Å². The molecule has 1 heterocycles. The van der Waals surface area contributed by atoms with E-state index >= 15 is 0 Å².